The molecule has 36 heavy (non-hydrogen) atoms. The van der Waals surface area contributed by atoms with E-state index in [4.69, 9.17) is 0 Å². The quantitative estimate of drug-likeness (QED) is 0.440. The number of carbonyl (C=O) groups excluding carboxylic acids is 1. The Kier molecular flexibility index (Phi) is 8.57. The zero-order valence-corrected chi connectivity index (χ0v) is 22.5. The minimum atomic E-state index is -3.74. The zero-order valence-electron chi connectivity index (χ0n) is 21.7. The minimum absolute atomic E-state index is 0.0751. The van der Waals surface area contributed by atoms with E-state index in [0.29, 0.717) is 37.8 Å². The summed E-state index contributed by atoms with van der Waals surface area (Å²) in [6, 6.07) is 13.2. The molecule has 0 radical (unpaired) electrons. The Labute approximate surface area is 216 Å². The summed E-state index contributed by atoms with van der Waals surface area (Å²) in [4.78, 5) is 14.4. The van der Waals surface area contributed by atoms with Gasteiger partial charge in [0.2, 0.25) is 0 Å². The van der Waals surface area contributed by atoms with Crippen LogP contribution in [-0.2, 0) is 29.5 Å². The van der Waals surface area contributed by atoms with Crippen LogP contribution in [0.1, 0.15) is 69.6 Å². The summed E-state index contributed by atoms with van der Waals surface area (Å²) in [7, 11) is -3.74. The van der Waals surface area contributed by atoms with Crippen LogP contribution >= 0.6 is 0 Å². The van der Waals surface area contributed by atoms with Crippen LogP contribution in [-0.4, -0.2) is 38.0 Å². The normalized spacial score (nSPS) is 17.2. The fraction of sp³-hybridized carbons (Fsp3) is 0.536. The second-order valence-corrected chi connectivity index (χ2v) is 12.3. The molecule has 1 atom stereocenters. The maximum atomic E-state index is 13.3. The lowest BCUT2D eigenvalue weighted by molar-refractivity contribution is 0.190. The summed E-state index contributed by atoms with van der Waals surface area (Å²) in [5.74, 6) is 0.807. The molecule has 0 saturated heterocycles. The van der Waals surface area contributed by atoms with Crippen LogP contribution in [0, 0.1) is 5.92 Å². The molecule has 4 rings (SSSR count). The number of amides is 2. The Morgan fingerprint density at radius 3 is 2.56 bits per heavy atom. The minimum Gasteiger partial charge on any atom is -0.336 e. The van der Waals surface area contributed by atoms with Gasteiger partial charge < -0.3 is 15.5 Å². The van der Waals surface area contributed by atoms with Gasteiger partial charge in [0.1, 0.15) is 0 Å². The van der Waals surface area contributed by atoms with Crippen molar-refractivity contribution in [3.63, 3.8) is 0 Å². The number of hydrogen-bond acceptors (Lipinski definition) is 4. The number of benzene rings is 2. The lowest BCUT2D eigenvalue weighted by atomic mass is 9.99. The van der Waals surface area contributed by atoms with Gasteiger partial charge >= 0.3 is 6.03 Å². The van der Waals surface area contributed by atoms with Crippen LogP contribution < -0.4 is 15.4 Å². The maximum Gasteiger partial charge on any atom is 0.317 e. The molecule has 1 heterocycles. The lowest BCUT2D eigenvalue weighted by Gasteiger charge is -2.30. The molecule has 0 unspecified atom stereocenters. The first kappa shape index (κ1) is 26.5. The average molecular weight is 513 g/mol. The maximum absolute atomic E-state index is 13.3. The van der Waals surface area contributed by atoms with Gasteiger partial charge in [0.15, 0.2) is 0 Å². The van der Waals surface area contributed by atoms with Crippen molar-refractivity contribution in [2.24, 2.45) is 5.92 Å². The van der Waals surface area contributed by atoms with Gasteiger partial charge in [-0.2, -0.15) is 0 Å². The molecular weight excluding hydrogens is 472 g/mol. The highest BCUT2D eigenvalue weighted by Gasteiger charge is 2.24. The van der Waals surface area contributed by atoms with E-state index in [0.717, 1.165) is 22.6 Å². The van der Waals surface area contributed by atoms with Gasteiger partial charge in [0.25, 0.3) is 10.0 Å². The van der Waals surface area contributed by atoms with Gasteiger partial charge in [-0.05, 0) is 74.4 Å². The largest absolute Gasteiger partial charge is 0.336 e. The summed E-state index contributed by atoms with van der Waals surface area (Å²) in [5.41, 5.74) is 3.50. The number of rotatable bonds is 9. The SMILES string of the molecule is CC(C)NC(=O)N1CCc2cc(S(=O)(=O)Nc3ccccc3CN[C@@H](C)CC3CCCC3)ccc2C1. The highest BCUT2D eigenvalue weighted by Crippen LogP contribution is 2.29. The molecule has 196 valence electrons. The van der Waals surface area contributed by atoms with Gasteiger partial charge in [-0.3, -0.25) is 4.72 Å². The molecule has 1 aliphatic heterocycles. The van der Waals surface area contributed by atoms with Gasteiger partial charge in [-0.15, -0.1) is 0 Å². The molecule has 0 bridgehead atoms. The number of fused-ring (bicyclic) bond motifs is 1. The fourth-order valence-corrected chi connectivity index (χ4v) is 6.45. The van der Waals surface area contributed by atoms with E-state index >= 15 is 0 Å². The van der Waals surface area contributed by atoms with E-state index in [1.807, 2.05) is 44.2 Å². The van der Waals surface area contributed by atoms with Crippen molar-refractivity contribution < 1.29 is 13.2 Å². The molecule has 2 aromatic carbocycles. The molecule has 3 N–H and O–H groups in total. The fourth-order valence-electron chi connectivity index (χ4n) is 5.30. The zero-order chi connectivity index (χ0) is 25.7. The monoisotopic (exact) mass is 512 g/mol. The smallest absolute Gasteiger partial charge is 0.317 e. The second-order valence-electron chi connectivity index (χ2n) is 10.6. The highest BCUT2D eigenvalue weighted by atomic mass is 32.2. The Hall–Kier alpha value is -2.58. The first-order valence-electron chi connectivity index (χ1n) is 13.2. The molecule has 1 fully saturated rings. The molecule has 2 aromatic rings. The van der Waals surface area contributed by atoms with E-state index < -0.39 is 10.0 Å². The van der Waals surface area contributed by atoms with Gasteiger partial charge in [0.05, 0.1) is 10.6 Å². The molecule has 1 aliphatic carbocycles. The first-order chi connectivity index (χ1) is 17.2. The summed E-state index contributed by atoms with van der Waals surface area (Å²) in [6.07, 6.45) is 7.13. The predicted octanol–water partition coefficient (Wildman–Crippen LogP) is 5.02. The van der Waals surface area contributed by atoms with Gasteiger partial charge in [-0.25, -0.2) is 13.2 Å². The Balaban J connectivity index is 1.41. The van der Waals surface area contributed by atoms with E-state index in [2.05, 4.69) is 22.3 Å². The second kappa shape index (κ2) is 11.6. The Morgan fingerprint density at radius 1 is 1.06 bits per heavy atom. The van der Waals surface area contributed by atoms with Crippen molar-refractivity contribution in [1.29, 1.82) is 0 Å². The van der Waals surface area contributed by atoms with Crippen LogP contribution in [0.2, 0.25) is 0 Å². The summed E-state index contributed by atoms with van der Waals surface area (Å²) in [6.45, 7) is 7.75. The number of nitrogens with one attached hydrogen (secondary N) is 3. The van der Waals surface area contributed by atoms with Crippen LogP contribution in [0.3, 0.4) is 0 Å². The van der Waals surface area contributed by atoms with Crippen molar-refractivity contribution in [3.8, 4) is 0 Å². The number of sulfonamides is 1. The highest BCUT2D eigenvalue weighted by molar-refractivity contribution is 7.92. The van der Waals surface area contributed by atoms with Crippen LogP contribution in [0.25, 0.3) is 0 Å². The van der Waals surface area contributed by atoms with Crippen molar-refractivity contribution in [1.82, 2.24) is 15.5 Å². The molecular formula is C28H40N4O3S. The molecule has 2 amide bonds. The van der Waals surface area contributed by atoms with E-state index in [1.165, 1.54) is 32.1 Å². The van der Waals surface area contributed by atoms with Crippen molar-refractivity contribution in [3.05, 3.63) is 59.2 Å². The van der Waals surface area contributed by atoms with E-state index in [9.17, 15) is 13.2 Å². The molecule has 0 aromatic heterocycles. The van der Waals surface area contributed by atoms with Crippen molar-refractivity contribution in [2.75, 3.05) is 11.3 Å². The van der Waals surface area contributed by atoms with Crippen LogP contribution in [0.4, 0.5) is 10.5 Å². The molecule has 2 aliphatic rings. The lowest BCUT2D eigenvalue weighted by Crippen LogP contribution is -2.45. The first-order valence-corrected chi connectivity index (χ1v) is 14.7. The third-order valence-corrected chi connectivity index (χ3v) is 8.63. The van der Waals surface area contributed by atoms with Gasteiger partial charge in [0, 0.05) is 31.7 Å². The standard InChI is InChI=1S/C28H40N4O3S/c1-20(2)30-28(33)32-15-14-23-17-26(13-12-25(23)19-32)36(34,35)31-27-11-7-6-10-24(27)18-29-21(3)16-22-8-4-5-9-22/h6-7,10-13,17,20-22,29,31H,4-5,8-9,14-16,18-19H2,1-3H3,(H,30,33)/t21-/m0/s1. The third kappa shape index (κ3) is 6.79. The molecule has 1 saturated carbocycles. The molecule has 7 nitrogen and oxygen atoms in total. The predicted molar refractivity (Wildman–Crippen MR) is 144 cm³/mol. The summed E-state index contributed by atoms with van der Waals surface area (Å²) < 4.78 is 29.4. The van der Waals surface area contributed by atoms with Crippen molar-refractivity contribution in [2.45, 2.75) is 89.4 Å². The number of carbonyl (C=O) groups is 1. The molecule has 0 spiro atoms. The van der Waals surface area contributed by atoms with E-state index in [1.54, 1.807) is 17.0 Å². The number of anilines is 1. The van der Waals surface area contributed by atoms with Gasteiger partial charge in [-0.1, -0.05) is 49.9 Å². The Bertz CT molecular complexity index is 1160. The van der Waals surface area contributed by atoms with Crippen molar-refractivity contribution >= 4 is 21.7 Å². The number of nitrogens with zero attached hydrogens (tertiary/aromatic N) is 1. The summed E-state index contributed by atoms with van der Waals surface area (Å²) in [5, 5.41) is 6.51. The average Bonchev–Trinajstić information content (AvgIpc) is 3.35. The topological polar surface area (TPSA) is 90.5 Å². The number of urea groups is 1. The van der Waals surface area contributed by atoms with Crippen LogP contribution in [0.5, 0.6) is 0 Å². The number of hydrogen-bond donors (Lipinski definition) is 3. The molecule has 8 heteroatoms. The van der Waals surface area contributed by atoms with Crippen LogP contribution in [0.15, 0.2) is 47.4 Å². The Morgan fingerprint density at radius 2 is 1.81 bits per heavy atom. The number of para-hydroxylation sites is 1. The summed E-state index contributed by atoms with van der Waals surface area (Å²) >= 11 is 0. The third-order valence-electron chi connectivity index (χ3n) is 7.26. The van der Waals surface area contributed by atoms with E-state index in [-0.39, 0.29) is 17.0 Å².